The van der Waals surface area contributed by atoms with Gasteiger partial charge < -0.3 is 10.5 Å². The lowest BCUT2D eigenvalue weighted by Crippen LogP contribution is -2.06. The summed E-state index contributed by atoms with van der Waals surface area (Å²) >= 11 is 0. The van der Waals surface area contributed by atoms with Crippen LogP contribution in [0.15, 0.2) is 42.5 Å². The highest BCUT2D eigenvalue weighted by Gasteiger charge is 2.12. The average molecular weight is 253 g/mol. The van der Waals surface area contributed by atoms with Crippen molar-refractivity contribution in [3.8, 4) is 0 Å². The summed E-state index contributed by atoms with van der Waals surface area (Å²) in [5.74, 6) is -0.653. The zero-order valence-electron chi connectivity index (χ0n) is 9.82. The van der Waals surface area contributed by atoms with E-state index >= 15 is 0 Å². The van der Waals surface area contributed by atoms with Crippen molar-refractivity contribution in [2.75, 3.05) is 12.3 Å². The molecule has 0 heterocycles. The van der Waals surface area contributed by atoms with Crippen molar-refractivity contribution in [3.05, 3.63) is 48.1 Å². The van der Waals surface area contributed by atoms with Crippen molar-refractivity contribution in [3.63, 3.8) is 0 Å². The molecule has 0 aliphatic carbocycles. The summed E-state index contributed by atoms with van der Waals surface area (Å²) in [6.07, 6.45) is -0.297. The summed E-state index contributed by atoms with van der Waals surface area (Å²) in [7, 11) is 0. The predicted molar refractivity (Wildman–Crippen MR) is 65.8 cm³/mol. The minimum atomic E-state index is -1.88. The van der Waals surface area contributed by atoms with Crippen LogP contribution in [-0.4, -0.2) is 12.6 Å². The van der Waals surface area contributed by atoms with Crippen molar-refractivity contribution in [2.24, 2.45) is 0 Å². The number of nitrogens with two attached hydrogens (primary N) is 1. The van der Waals surface area contributed by atoms with Crippen LogP contribution in [0.1, 0.15) is 12.5 Å². The van der Waals surface area contributed by atoms with Crippen molar-refractivity contribution >= 4 is 17.2 Å². The number of hydrogen-bond donors (Lipinski definition) is 1. The molecule has 0 bridgehead atoms. The second kappa shape index (κ2) is 6.54. The molecular formula is C13H13F2NO2. The molecule has 0 atom stereocenters. The zero-order chi connectivity index (χ0) is 13.5. The Morgan fingerprint density at radius 1 is 1.28 bits per heavy atom. The van der Waals surface area contributed by atoms with Gasteiger partial charge in [-0.2, -0.15) is 8.78 Å². The minimum absolute atomic E-state index is 0.0599. The number of halogens is 2. The molecule has 0 spiro atoms. The quantitative estimate of drug-likeness (QED) is 0.388. The lowest BCUT2D eigenvalue weighted by Gasteiger charge is -2.06. The number of benzene rings is 1. The van der Waals surface area contributed by atoms with E-state index in [1.54, 1.807) is 31.2 Å². The molecule has 0 radical (unpaired) electrons. The summed E-state index contributed by atoms with van der Waals surface area (Å²) in [6.45, 7) is 1.82. The SMILES string of the molecule is CCOC(=O)C(=CC=C(F)F)c1ccc(N)cc1. The maximum Gasteiger partial charge on any atom is 0.338 e. The number of ether oxygens (including phenoxy) is 1. The summed E-state index contributed by atoms with van der Waals surface area (Å²) in [5, 5.41) is 0. The fourth-order valence-corrected chi connectivity index (χ4v) is 1.30. The van der Waals surface area contributed by atoms with Crippen molar-refractivity contribution < 1.29 is 18.3 Å². The molecule has 3 nitrogen and oxygen atoms in total. The third-order valence-corrected chi connectivity index (χ3v) is 2.09. The third-order valence-electron chi connectivity index (χ3n) is 2.09. The highest BCUT2D eigenvalue weighted by Crippen LogP contribution is 2.18. The van der Waals surface area contributed by atoms with Gasteiger partial charge in [-0.3, -0.25) is 0 Å². The van der Waals surface area contributed by atoms with Crippen LogP contribution in [0.5, 0.6) is 0 Å². The average Bonchev–Trinajstić information content (AvgIpc) is 2.31. The molecule has 96 valence electrons. The maximum absolute atomic E-state index is 12.1. The van der Waals surface area contributed by atoms with E-state index in [2.05, 4.69) is 0 Å². The Morgan fingerprint density at radius 2 is 1.89 bits per heavy atom. The van der Waals surface area contributed by atoms with Crippen molar-refractivity contribution in [2.45, 2.75) is 6.92 Å². The lowest BCUT2D eigenvalue weighted by molar-refractivity contribution is -0.136. The van der Waals surface area contributed by atoms with E-state index in [0.29, 0.717) is 17.3 Å². The summed E-state index contributed by atoms with van der Waals surface area (Å²) in [6, 6.07) is 6.31. The smallest absolute Gasteiger partial charge is 0.338 e. The first-order valence-electron chi connectivity index (χ1n) is 5.30. The number of hydrogen-bond acceptors (Lipinski definition) is 3. The summed E-state index contributed by atoms with van der Waals surface area (Å²) in [4.78, 5) is 11.6. The van der Waals surface area contributed by atoms with Gasteiger partial charge in [0.1, 0.15) is 0 Å². The predicted octanol–water partition coefficient (Wildman–Crippen LogP) is 3.00. The Kier molecular flexibility index (Phi) is 5.05. The normalized spacial score (nSPS) is 10.9. The van der Waals surface area contributed by atoms with Crippen molar-refractivity contribution in [1.29, 1.82) is 0 Å². The summed E-state index contributed by atoms with van der Waals surface area (Å²) in [5.41, 5.74) is 6.57. The Morgan fingerprint density at radius 3 is 2.39 bits per heavy atom. The van der Waals surface area contributed by atoms with Crippen molar-refractivity contribution in [1.82, 2.24) is 0 Å². The molecule has 0 unspecified atom stereocenters. The van der Waals surface area contributed by atoms with Crippen LogP contribution in [0.2, 0.25) is 0 Å². The molecule has 0 saturated heterocycles. The number of rotatable bonds is 4. The molecule has 0 amide bonds. The van der Waals surface area contributed by atoms with E-state index in [1.807, 2.05) is 0 Å². The van der Waals surface area contributed by atoms with Gasteiger partial charge in [-0.05, 0) is 30.7 Å². The van der Waals surface area contributed by atoms with Gasteiger partial charge in [0, 0.05) is 11.8 Å². The molecule has 0 saturated carbocycles. The number of esters is 1. The van der Waals surface area contributed by atoms with Gasteiger partial charge in [0.05, 0.1) is 12.2 Å². The second-order valence-corrected chi connectivity index (χ2v) is 3.38. The number of anilines is 1. The van der Waals surface area contributed by atoms with Gasteiger partial charge in [-0.15, -0.1) is 0 Å². The zero-order valence-corrected chi connectivity index (χ0v) is 9.82. The maximum atomic E-state index is 12.1. The van der Waals surface area contributed by atoms with Gasteiger partial charge >= 0.3 is 5.97 Å². The monoisotopic (exact) mass is 253 g/mol. The minimum Gasteiger partial charge on any atom is -0.462 e. The highest BCUT2D eigenvalue weighted by atomic mass is 19.3. The van der Waals surface area contributed by atoms with E-state index in [9.17, 15) is 13.6 Å². The molecule has 1 aromatic carbocycles. The molecule has 2 N–H and O–H groups in total. The number of allylic oxidation sites excluding steroid dienone is 2. The van der Waals surface area contributed by atoms with E-state index in [1.165, 1.54) is 0 Å². The van der Waals surface area contributed by atoms with Gasteiger partial charge in [-0.1, -0.05) is 12.1 Å². The van der Waals surface area contributed by atoms with E-state index in [0.717, 1.165) is 6.08 Å². The largest absolute Gasteiger partial charge is 0.462 e. The summed E-state index contributed by atoms with van der Waals surface area (Å²) < 4.78 is 28.9. The van der Waals surface area contributed by atoms with Gasteiger partial charge in [0.15, 0.2) is 0 Å². The van der Waals surface area contributed by atoms with E-state index in [-0.39, 0.29) is 12.2 Å². The molecule has 0 aliphatic heterocycles. The van der Waals surface area contributed by atoms with Crippen LogP contribution in [0.4, 0.5) is 14.5 Å². The standard InChI is InChI=1S/C13H13F2NO2/c1-2-18-13(17)11(7-8-12(14)15)9-3-5-10(16)6-4-9/h3-8H,2,16H2,1H3. The van der Waals surface area contributed by atoms with Crippen LogP contribution in [0.25, 0.3) is 5.57 Å². The second-order valence-electron chi connectivity index (χ2n) is 3.38. The molecule has 1 rings (SSSR count). The first-order valence-corrected chi connectivity index (χ1v) is 5.30. The molecule has 18 heavy (non-hydrogen) atoms. The lowest BCUT2D eigenvalue weighted by atomic mass is 10.1. The molecule has 0 fully saturated rings. The van der Waals surface area contributed by atoms with Gasteiger partial charge in [0.25, 0.3) is 6.08 Å². The topological polar surface area (TPSA) is 52.3 Å². The molecule has 5 heteroatoms. The Labute approximate surface area is 104 Å². The highest BCUT2D eigenvalue weighted by molar-refractivity contribution is 6.16. The van der Waals surface area contributed by atoms with Crippen LogP contribution in [0, 0.1) is 0 Å². The van der Waals surface area contributed by atoms with Crippen LogP contribution >= 0.6 is 0 Å². The van der Waals surface area contributed by atoms with Crippen LogP contribution in [-0.2, 0) is 9.53 Å². The van der Waals surface area contributed by atoms with E-state index in [4.69, 9.17) is 10.5 Å². The first kappa shape index (κ1) is 13.9. The molecule has 1 aromatic rings. The first-order chi connectivity index (χ1) is 8.54. The molecular weight excluding hydrogens is 240 g/mol. The Hall–Kier alpha value is -2.17. The number of carbonyl (C=O) groups excluding carboxylic acids is 1. The van der Waals surface area contributed by atoms with Crippen LogP contribution in [0.3, 0.4) is 0 Å². The fraction of sp³-hybridized carbons (Fsp3) is 0.154. The van der Waals surface area contributed by atoms with Gasteiger partial charge in [-0.25, -0.2) is 4.79 Å². The van der Waals surface area contributed by atoms with Crippen LogP contribution < -0.4 is 5.73 Å². The third kappa shape index (κ3) is 4.01. The van der Waals surface area contributed by atoms with Gasteiger partial charge in [0.2, 0.25) is 0 Å². The van der Waals surface area contributed by atoms with E-state index < -0.39 is 12.0 Å². The number of nitrogen functional groups attached to an aromatic ring is 1. The molecule has 0 aromatic heterocycles. The molecule has 0 aliphatic rings. The Bertz CT molecular complexity index is 474. The fourth-order valence-electron chi connectivity index (χ4n) is 1.30. The number of carbonyl (C=O) groups is 1. The Balaban J connectivity index is 3.12.